The van der Waals surface area contributed by atoms with Crippen LogP contribution in [0.4, 0.5) is 11.4 Å². The predicted octanol–water partition coefficient (Wildman–Crippen LogP) is 1.53. The predicted molar refractivity (Wildman–Crippen MR) is 70.7 cm³/mol. The van der Waals surface area contributed by atoms with Crippen molar-refractivity contribution in [3.63, 3.8) is 0 Å². The van der Waals surface area contributed by atoms with Crippen LogP contribution in [-0.2, 0) is 0 Å². The first-order chi connectivity index (χ1) is 8.24. The Labute approximate surface area is 102 Å². The number of anilines is 2. The second-order valence-corrected chi connectivity index (χ2v) is 4.79. The van der Waals surface area contributed by atoms with Crippen LogP contribution < -0.4 is 9.80 Å². The normalized spacial score (nSPS) is 18.2. The number of para-hydroxylation sites is 2. The van der Waals surface area contributed by atoms with Crippen LogP contribution in [0.1, 0.15) is 0 Å². The number of benzene rings is 1. The zero-order valence-electron chi connectivity index (χ0n) is 10.4. The molecule has 0 saturated carbocycles. The second kappa shape index (κ2) is 3.87. The summed E-state index contributed by atoms with van der Waals surface area (Å²) in [5.41, 5.74) is 2.65. The summed E-state index contributed by atoms with van der Waals surface area (Å²) in [5, 5.41) is 0. The molecule has 17 heavy (non-hydrogen) atoms. The maximum absolute atomic E-state index is 2.40. The molecule has 4 nitrogen and oxygen atoms in total. The molecule has 2 aliphatic rings. The van der Waals surface area contributed by atoms with Gasteiger partial charge in [-0.3, -0.25) is 0 Å². The van der Waals surface area contributed by atoms with E-state index in [0.717, 1.165) is 20.0 Å². The molecule has 0 unspecified atom stereocenters. The average molecular weight is 230 g/mol. The van der Waals surface area contributed by atoms with Crippen molar-refractivity contribution in [2.24, 2.45) is 0 Å². The van der Waals surface area contributed by atoms with Crippen LogP contribution in [0.3, 0.4) is 0 Å². The molecule has 2 aliphatic heterocycles. The second-order valence-electron chi connectivity index (χ2n) is 4.79. The maximum atomic E-state index is 2.40. The fourth-order valence-electron chi connectivity index (χ4n) is 2.48. The molecule has 0 bridgehead atoms. The number of nitrogens with zero attached hydrogens (tertiary/aromatic N) is 4. The third kappa shape index (κ3) is 1.79. The van der Waals surface area contributed by atoms with Crippen molar-refractivity contribution in [1.29, 1.82) is 0 Å². The maximum Gasteiger partial charge on any atom is 0.0933 e. The Bertz CT molecular complexity index is 443. The van der Waals surface area contributed by atoms with E-state index in [1.165, 1.54) is 11.4 Å². The SMILES string of the molecule is CN1C=CN(CN2CN(C)c3ccccc32)C1. The smallest absolute Gasteiger partial charge is 0.0933 e. The van der Waals surface area contributed by atoms with Gasteiger partial charge in [-0.05, 0) is 12.1 Å². The van der Waals surface area contributed by atoms with Crippen molar-refractivity contribution in [2.75, 3.05) is 43.9 Å². The molecule has 1 aromatic rings. The molecule has 0 N–H and O–H groups in total. The van der Waals surface area contributed by atoms with Gasteiger partial charge in [-0.15, -0.1) is 0 Å². The fourth-order valence-corrected chi connectivity index (χ4v) is 2.48. The third-order valence-electron chi connectivity index (χ3n) is 3.31. The number of hydrogen-bond acceptors (Lipinski definition) is 4. The zero-order valence-corrected chi connectivity index (χ0v) is 10.4. The highest BCUT2D eigenvalue weighted by atomic mass is 15.5. The van der Waals surface area contributed by atoms with E-state index in [9.17, 15) is 0 Å². The van der Waals surface area contributed by atoms with E-state index in [-0.39, 0.29) is 0 Å². The van der Waals surface area contributed by atoms with Crippen molar-refractivity contribution in [3.05, 3.63) is 36.7 Å². The first kappa shape index (κ1) is 10.3. The largest absolute Gasteiger partial charge is 0.362 e. The minimum Gasteiger partial charge on any atom is -0.362 e. The van der Waals surface area contributed by atoms with Gasteiger partial charge >= 0.3 is 0 Å². The van der Waals surface area contributed by atoms with Gasteiger partial charge in [0.15, 0.2) is 0 Å². The molecule has 0 amide bonds. The van der Waals surface area contributed by atoms with Gasteiger partial charge in [0.25, 0.3) is 0 Å². The van der Waals surface area contributed by atoms with Crippen LogP contribution in [0.2, 0.25) is 0 Å². The Morgan fingerprint density at radius 3 is 2.47 bits per heavy atom. The van der Waals surface area contributed by atoms with Crippen LogP contribution in [0.15, 0.2) is 36.7 Å². The summed E-state index contributed by atoms with van der Waals surface area (Å²) in [6.07, 6.45) is 4.27. The molecule has 0 fully saturated rings. The molecule has 0 spiro atoms. The molecule has 0 aliphatic carbocycles. The molecular weight excluding hydrogens is 212 g/mol. The lowest BCUT2D eigenvalue weighted by Gasteiger charge is -2.26. The van der Waals surface area contributed by atoms with E-state index < -0.39 is 0 Å². The Morgan fingerprint density at radius 2 is 1.76 bits per heavy atom. The summed E-state index contributed by atoms with van der Waals surface area (Å²) in [4.78, 5) is 9.19. The van der Waals surface area contributed by atoms with Crippen LogP contribution in [-0.4, -0.2) is 43.9 Å². The van der Waals surface area contributed by atoms with Gasteiger partial charge in [-0.1, -0.05) is 12.1 Å². The summed E-state index contributed by atoms with van der Waals surface area (Å²) in [6, 6.07) is 8.59. The Balaban J connectivity index is 1.76. The number of hydrogen-bond donors (Lipinski definition) is 0. The Hall–Kier alpha value is -1.84. The summed E-state index contributed by atoms with van der Waals surface area (Å²) >= 11 is 0. The molecule has 1 aromatic carbocycles. The molecule has 2 heterocycles. The van der Waals surface area contributed by atoms with Gasteiger partial charge in [-0.2, -0.15) is 0 Å². The number of fused-ring (bicyclic) bond motifs is 1. The van der Waals surface area contributed by atoms with Crippen LogP contribution >= 0.6 is 0 Å². The van der Waals surface area contributed by atoms with E-state index >= 15 is 0 Å². The van der Waals surface area contributed by atoms with Crippen LogP contribution in [0.5, 0.6) is 0 Å². The molecule has 0 radical (unpaired) electrons. The van der Waals surface area contributed by atoms with Gasteiger partial charge in [0.05, 0.1) is 31.4 Å². The van der Waals surface area contributed by atoms with Gasteiger partial charge in [0.1, 0.15) is 0 Å². The lowest BCUT2D eigenvalue weighted by molar-refractivity contribution is 0.296. The standard InChI is InChI=1S/C13H18N4/c1-14-7-8-16(9-14)11-17-10-15(2)12-5-3-4-6-13(12)17/h3-8H,9-11H2,1-2H3. The van der Waals surface area contributed by atoms with Crippen molar-refractivity contribution in [1.82, 2.24) is 9.80 Å². The summed E-state index contributed by atoms with van der Waals surface area (Å²) in [5.74, 6) is 0. The lowest BCUT2D eigenvalue weighted by atomic mass is 10.2. The van der Waals surface area contributed by atoms with Crippen molar-refractivity contribution in [2.45, 2.75) is 0 Å². The number of rotatable bonds is 2. The fraction of sp³-hybridized carbons (Fsp3) is 0.385. The van der Waals surface area contributed by atoms with Crippen LogP contribution in [0, 0.1) is 0 Å². The van der Waals surface area contributed by atoms with Gasteiger partial charge < -0.3 is 19.6 Å². The highest BCUT2D eigenvalue weighted by molar-refractivity contribution is 5.75. The molecule has 0 aromatic heterocycles. The third-order valence-corrected chi connectivity index (χ3v) is 3.31. The molecule has 3 rings (SSSR count). The summed E-state index contributed by atoms with van der Waals surface area (Å²) < 4.78 is 0. The van der Waals surface area contributed by atoms with E-state index in [2.05, 4.69) is 70.4 Å². The molecule has 0 saturated heterocycles. The first-order valence-electron chi connectivity index (χ1n) is 5.92. The van der Waals surface area contributed by atoms with Crippen molar-refractivity contribution in [3.8, 4) is 0 Å². The molecule has 4 heteroatoms. The minimum absolute atomic E-state index is 0.947. The monoisotopic (exact) mass is 230 g/mol. The van der Waals surface area contributed by atoms with E-state index in [0.29, 0.717) is 0 Å². The highest BCUT2D eigenvalue weighted by Crippen LogP contribution is 2.34. The van der Waals surface area contributed by atoms with Crippen molar-refractivity contribution >= 4 is 11.4 Å². The lowest BCUT2D eigenvalue weighted by Crippen LogP contribution is -2.37. The molecule has 0 atom stereocenters. The molecule has 90 valence electrons. The van der Waals surface area contributed by atoms with Gasteiger partial charge in [-0.25, -0.2) is 0 Å². The van der Waals surface area contributed by atoms with Gasteiger partial charge in [0, 0.05) is 26.5 Å². The zero-order chi connectivity index (χ0) is 11.8. The van der Waals surface area contributed by atoms with E-state index in [1.54, 1.807) is 0 Å². The Kier molecular flexibility index (Phi) is 2.35. The van der Waals surface area contributed by atoms with Crippen molar-refractivity contribution < 1.29 is 0 Å². The Morgan fingerprint density at radius 1 is 1.00 bits per heavy atom. The van der Waals surface area contributed by atoms with E-state index in [1.807, 2.05) is 0 Å². The summed E-state index contributed by atoms with van der Waals surface area (Å²) in [6.45, 7) is 2.89. The average Bonchev–Trinajstić information content (AvgIpc) is 2.86. The topological polar surface area (TPSA) is 13.0 Å². The summed E-state index contributed by atoms with van der Waals surface area (Å²) in [7, 11) is 4.24. The highest BCUT2D eigenvalue weighted by Gasteiger charge is 2.24. The van der Waals surface area contributed by atoms with Crippen LogP contribution in [0.25, 0.3) is 0 Å². The quantitative estimate of drug-likeness (QED) is 0.764. The first-order valence-corrected chi connectivity index (χ1v) is 5.92. The minimum atomic E-state index is 0.947. The van der Waals surface area contributed by atoms with E-state index in [4.69, 9.17) is 0 Å². The molecular formula is C13H18N4. The van der Waals surface area contributed by atoms with Gasteiger partial charge in [0.2, 0.25) is 0 Å².